The van der Waals surface area contributed by atoms with Gasteiger partial charge in [-0.25, -0.2) is 0 Å². The van der Waals surface area contributed by atoms with Gasteiger partial charge >= 0.3 is 18.9 Å². The first-order chi connectivity index (χ1) is 5.63. The number of nitrogens with zero attached hydrogens (tertiary/aromatic N) is 1. The minimum Gasteiger partial charge on any atom is -0.779 e. The Bertz CT molecular complexity index is 263. The first kappa shape index (κ1) is 13.0. The van der Waals surface area contributed by atoms with Gasteiger partial charge in [-0.05, 0) is 21.0 Å². The largest absolute Gasteiger partial charge is 1.00 e. The predicted octanol–water partition coefficient (Wildman–Crippen LogP) is -0.781. The second-order valence-corrected chi connectivity index (χ2v) is 3.62. The summed E-state index contributed by atoms with van der Waals surface area (Å²) in [4.78, 5) is 3.12. The van der Waals surface area contributed by atoms with Gasteiger partial charge in [0.15, 0.2) is 0 Å². The van der Waals surface area contributed by atoms with Gasteiger partial charge < -0.3 is 17.5 Å². The Hall–Kier alpha value is -0.00260. The molecule has 0 N–H and O–H groups in total. The minimum atomic E-state index is 0. The maximum atomic E-state index is 5.22. The second-order valence-electron chi connectivity index (χ2n) is 3.18. The van der Waals surface area contributed by atoms with Gasteiger partial charge in [-0.3, -0.25) is 0 Å². The zero-order valence-corrected chi connectivity index (χ0v) is 9.56. The molecule has 0 amide bonds. The van der Waals surface area contributed by atoms with Crippen molar-refractivity contribution in [3.05, 3.63) is 29.8 Å². The molecule has 0 saturated carbocycles. The zero-order valence-electron chi connectivity index (χ0n) is 8.74. The molecule has 13 heavy (non-hydrogen) atoms. The number of rotatable bonds is 2. The fourth-order valence-corrected chi connectivity index (χ4v) is 1.42. The molecule has 0 aliphatic heterocycles. The zero-order chi connectivity index (χ0) is 9.14. The molecule has 66 valence electrons. The van der Waals surface area contributed by atoms with Gasteiger partial charge in [-0.1, -0.05) is 29.8 Å². The topological polar surface area (TPSA) is 3.24 Å². The first-order valence-corrected chi connectivity index (χ1v) is 4.46. The molecule has 1 atom stereocenters. The molecule has 0 radical (unpaired) electrons. The number of hydrogen-bond donors (Lipinski definition) is 0. The summed E-state index contributed by atoms with van der Waals surface area (Å²) < 4.78 is 0. The fraction of sp³-hybridized carbons (Fsp3) is 0.400. The van der Waals surface area contributed by atoms with Crippen LogP contribution < -0.4 is 18.9 Å². The van der Waals surface area contributed by atoms with Crippen LogP contribution in [0, 0.1) is 0 Å². The maximum absolute atomic E-state index is 5.22. The first-order valence-electron chi connectivity index (χ1n) is 4.05. The molecule has 1 aromatic rings. The summed E-state index contributed by atoms with van der Waals surface area (Å²) in [5.74, 6) is 0. The van der Waals surface area contributed by atoms with Crippen molar-refractivity contribution < 1.29 is 18.9 Å². The molecular weight excluding hydrogens is 173 g/mol. The maximum Gasteiger partial charge on any atom is 1.00 e. The van der Waals surface area contributed by atoms with E-state index in [1.165, 1.54) is 5.56 Å². The molecule has 0 heterocycles. The third-order valence-electron chi connectivity index (χ3n) is 2.14. The van der Waals surface area contributed by atoms with Crippen LogP contribution in [-0.2, 0) is 12.6 Å². The summed E-state index contributed by atoms with van der Waals surface area (Å²) in [6, 6.07) is 8.48. The van der Waals surface area contributed by atoms with E-state index in [0.29, 0.717) is 6.04 Å². The molecule has 0 fully saturated rings. The summed E-state index contributed by atoms with van der Waals surface area (Å²) >= 11 is 5.22. The minimum absolute atomic E-state index is 0. The Kier molecular flexibility index (Phi) is 5.67. The van der Waals surface area contributed by atoms with Crippen LogP contribution in [0.15, 0.2) is 29.2 Å². The third-order valence-corrected chi connectivity index (χ3v) is 2.52. The smallest absolute Gasteiger partial charge is 0.779 e. The summed E-state index contributed by atoms with van der Waals surface area (Å²) in [7, 11) is 4.12. The molecule has 0 aliphatic carbocycles. The Labute approximate surface area is 98.1 Å². The van der Waals surface area contributed by atoms with Crippen molar-refractivity contribution in [3.8, 4) is 0 Å². The molecule has 0 bridgehead atoms. The predicted molar refractivity (Wildman–Crippen MR) is 54.2 cm³/mol. The van der Waals surface area contributed by atoms with Crippen molar-refractivity contribution in [1.29, 1.82) is 0 Å². The molecule has 1 nitrogen and oxygen atoms in total. The van der Waals surface area contributed by atoms with E-state index < -0.39 is 0 Å². The number of hydrogen-bond acceptors (Lipinski definition) is 2. The molecule has 1 aromatic carbocycles. The molecular formula is C10H14LiNS. The Morgan fingerprint density at radius 2 is 1.77 bits per heavy atom. The van der Waals surface area contributed by atoms with Crippen LogP contribution in [0.3, 0.4) is 0 Å². The summed E-state index contributed by atoms with van der Waals surface area (Å²) in [5, 5.41) is 0. The summed E-state index contributed by atoms with van der Waals surface area (Å²) in [6.07, 6.45) is 0. The van der Waals surface area contributed by atoms with Crippen LogP contribution in [0.4, 0.5) is 0 Å². The van der Waals surface area contributed by atoms with E-state index in [0.717, 1.165) is 4.90 Å². The second kappa shape index (κ2) is 5.67. The molecule has 3 heteroatoms. The van der Waals surface area contributed by atoms with E-state index in [-0.39, 0.29) is 18.9 Å². The Balaban J connectivity index is 0.00000144. The third kappa shape index (κ3) is 3.32. The Morgan fingerprint density at radius 3 is 2.23 bits per heavy atom. The molecule has 0 aromatic heterocycles. The van der Waals surface area contributed by atoms with Crippen LogP contribution in [-0.4, -0.2) is 19.0 Å². The quantitative estimate of drug-likeness (QED) is 0.441. The molecule has 1 rings (SSSR count). The molecule has 0 aliphatic rings. The van der Waals surface area contributed by atoms with E-state index in [4.69, 9.17) is 12.6 Å². The van der Waals surface area contributed by atoms with Gasteiger partial charge in [0.1, 0.15) is 0 Å². The molecule has 0 unspecified atom stereocenters. The molecule has 0 saturated heterocycles. The number of benzene rings is 1. The van der Waals surface area contributed by atoms with Crippen LogP contribution in [0.25, 0.3) is 0 Å². The van der Waals surface area contributed by atoms with E-state index in [2.05, 4.69) is 32.0 Å². The van der Waals surface area contributed by atoms with E-state index in [9.17, 15) is 0 Å². The van der Waals surface area contributed by atoms with Crippen LogP contribution >= 0.6 is 0 Å². The van der Waals surface area contributed by atoms with E-state index >= 15 is 0 Å². The van der Waals surface area contributed by atoms with Crippen LogP contribution in [0.2, 0.25) is 0 Å². The molecule has 0 spiro atoms. The average molecular weight is 187 g/mol. The van der Waals surface area contributed by atoms with Crippen molar-refractivity contribution in [1.82, 2.24) is 4.90 Å². The average Bonchev–Trinajstić information content (AvgIpc) is 2.04. The fourth-order valence-electron chi connectivity index (χ4n) is 1.10. The Morgan fingerprint density at radius 1 is 1.23 bits per heavy atom. The van der Waals surface area contributed by atoms with Crippen molar-refractivity contribution in [3.63, 3.8) is 0 Å². The van der Waals surface area contributed by atoms with Crippen LogP contribution in [0.1, 0.15) is 18.5 Å². The summed E-state index contributed by atoms with van der Waals surface area (Å²) in [6.45, 7) is 2.16. The monoisotopic (exact) mass is 187 g/mol. The van der Waals surface area contributed by atoms with Crippen molar-refractivity contribution in [2.75, 3.05) is 14.1 Å². The van der Waals surface area contributed by atoms with Crippen molar-refractivity contribution >= 4 is 12.6 Å². The van der Waals surface area contributed by atoms with Crippen molar-refractivity contribution in [2.45, 2.75) is 17.9 Å². The normalized spacial score (nSPS) is 12.3. The SMILES string of the molecule is C[C@H](c1ccccc1[S-])N(C)C.[Li+]. The van der Waals surface area contributed by atoms with E-state index in [1.54, 1.807) is 0 Å². The van der Waals surface area contributed by atoms with Crippen molar-refractivity contribution in [2.24, 2.45) is 0 Å². The standard InChI is InChI=1S/C10H15NS.Li/c1-8(11(2)3)9-6-4-5-7-10(9)12;/h4-8,12H,1-3H3;/q;+1/p-1/t8-;/m1./s1. The van der Waals surface area contributed by atoms with Gasteiger partial charge in [0.05, 0.1) is 0 Å². The van der Waals surface area contributed by atoms with Gasteiger partial charge in [-0.15, -0.1) is 0 Å². The van der Waals surface area contributed by atoms with Gasteiger partial charge in [-0.2, -0.15) is 4.90 Å². The van der Waals surface area contributed by atoms with Gasteiger partial charge in [0, 0.05) is 6.04 Å². The van der Waals surface area contributed by atoms with Gasteiger partial charge in [0.2, 0.25) is 0 Å². The summed E-state index contributed by atoms with van der Waals surface area (Å²) in [5.41, 5.74) is 1.23. The van der Waals surface area contributed by atoms with Crippen LogP contribution in [0.5, 0.6) is 0 Å². The van der Waals surface area contributed by atoms with E-state index in [1.807, 2.05) is 18.2 Å². The van der Waals surface area contributed by atoms with Gasteiger partial charge in [0.25, 0.3) is 0 Å².